The maximum Gasteiger partial charge on any atom is 0.0642 e. The zero-order chi connectivity index (χ0) is 10.7. The lowest BCUT2D eigenvalue weighted by molar-refractivity contribution is 0.332. The van der Waals surface area contributed by atoms with Crippen LogP contribution in [0.15, 0.2) is 48.0 Å². The lowest BCUT2D eigenvalue weighted by Crippen LogP contribution is -1.84. The van der Waals surface area contributed by atoms with Crippen molar-refractivity contribution in [3.05, 3.63) is 53.6 Å². The van der Waals surface area contributed by atoms with Crippen LogP contribution < -0.4 is 0 Å². The van der Waals surface area contributed by atoms with Crippen molar-refractivity contribution in [1.82, 2.24) is 0 Å². The highest BCUT2D eigenvalue weighted by molar-refractivity contribution is 5.90. The molecule has 0 radical (unpaired) electrons. The summed E-state index contributed by atoms with van der Waals surface area (Å²) in [6.45, 7) is 2.05. The predicted octanol–water partition coefficient (Wildman–Crippen LogP) is 3.24. The SMILES string of the molecule is C/C(=C\c1cccc2ccccc12)CO. The van der Waals surface area contributed by atoms with Crippen molar-refractivity contribution in [3.8, 4) is 0 Å². The van der Waals surface area contributed by atoms with Crippen LogP contribution in [0.2, 0.25) is 0 Å². The van der Waals surface area contributed by atoms with E-state index in [1.165, 1.54) is 16.3 Å². The molecule has 0 fully saturated rings. The third kappa shape index (κ3) is 2.08. The zero-order valence-corrected chi connectivity index (χ0v) is 8.77. The van der Waals surface area contributed by atoms with E-state index in [1.54, 1.807) is 0 Å². The van der Waals surface area contributed by atoms with E-state index in [1.807, 2.05) is 31.2 Å². The fourth-order valence-corrected chi connectivity index (χ4v) is 1.69. The van der Waals surface area contributed by atoms with Crippen LogP contribution in [0.4, 0.5) is 0 Å². The highest BCUT2D eigenvalue weighted by Gasteiger charge is 1.97. The van der Waals surface area contributed by atoms with Gasteiger partial charge in [-0.1, -0.05) is 48.5 Å². The number of rotatable bonds is 2. The monoisotopic (exact) mass is 198 g/mol. The summed E-state index contributed by atoms with van der Waals surface area (Å²) in [6, 6.07) is 14.5. The Morgan fingerprint density at radius 1 is 1.13 bits per heavy atom. The topological polar surface area (TPSA) is 20.2 Å². The molecule has 76 valence electrons. The molecule has 0 heterocycles. The van der Waals surface area contributed by atoms with E-state index in [0.29, 0.717) is 0 Å². The predicted molar refractivity (Wildman–Crippen MR) is 64.7 cm³/mol. The molecular formula is C14H14O. The number of hydrogen-bond donors (Lipinski definition) is 1. The second-order valence-corrected chi connectivity index (χ2v) is 3.72. The van der Waals surface area contributed by atoms with Crippen molar-refractivity contribution < 1.29 is 5.11 Å². The normalized spacial score (nSPS) is 12.0. The van der Waals surface area contributed by atoms with Gasteiger partial charge < -0.3 is 5.11 Å². The summed E-state index contributed by atoms with van der Waals surface area (Å²) < 4.78 is 0. The van der Waals surface area contributed by atoms with Crippen LogP contribution in [0.1, 0.15) is 12.5 Å². The molecule has 0 aliphatic heterocycles. The van der Waals surface area contributed by atoms with E-state index in [9.17, 15) is 0 Å². The van der Waals surface area contributed by atoms with Crippen molar-refractivity contribution >= 4 is 16.8 Å². The number of aliphatic hydroxyl groups excluding tert-OH is 1. The summed E-state index contributed by atoms with van der Waals surface area (Å²) in [6.07, 6.45) is 2.03. The molecule has 0 unspecified atom stereocenters. The first kappa shape index (κ1) is 9.94. The molecule has 1 heteroatoms. The average Bonchev–Trinajstić information content (AvgIpc) is 2.29. The maximum absolute atomic E-state index is 9.00. The number of aliphatic hydroxyl groups is 1. The molecule has 0 saturated heterocycles. The zero-order valence-electron chi connectivity index (χ0n) is 8.77. The Morgan fingerprint density at radius 2 is 1.87 bits per heavy atom. The van der Waals surface area contributed by atoms with Gasteiger partial charge in [0.15, 0.2) is 0 Å². The van der Waals surface area contributed by atoms with Gasteiger partial charge in [-0.15, -0.1) is 0 Å². The first-order chi connectivity index (χ1) is 7.31. The lowest BCUT2D eigenvalue weighted by Gasteiger charge is -2.03. The smallest absolute Gasteiger partial charge is 0.0642 e. The fourth-order valence-electron chi connectivity index (χ4n) is 1.69. The molecule has 1 N–H and O–H groups in total. The third-order valence-corrected chi connectivity index (χ3v) is 2.47. The summed E-state index contributed by atoms with van der Waals surface area (Å²) in [5.41, 5.74) is 2.14. The average molecular weight is 198 g/mol. The van der Waals surface area contributed by atoms with Crippen LogP contribution >= 0.6 is 0 Å². The highest BCUT2D eigenvalue weighted by atomic mass is 16.3. The van der Waals surface area contributed by atoms with Crippen LogP contribution in [0.3, 0.4) is 0 Å². The van der Waals surface area contributed by atoms with Crippen LogP contribution in [-0.4, -0.2) is 11.7 Å². The molecule has 0 amide bonds. The molecule has 2 aromatic carbocycles. The van der Waals surface area contributed by atoms with Gasteiger partial charge in [-0.2, -0.15) is 0 Å². The van der Waals surface area contributed by atoms with Crippen molar-refractivity contribution in [2.75, 3.05) is 6.61 Å². The highest BCUT2D eigenvalue weighted by Crippen LogP contribution is 2.20. The van der Waals surface area contributed by atoms with E-state index in [-0.39, 0.29) is 6.61 Å². The molecule has 1 nitrogen and oxygen atoms in total. The largest absolute Gasteiger partial charge is 0.392 e. The molecule has 15 heavy (non-hydrogen) atoms. The maximum atomic E-state index is 9.00. The standard InChI is InChI=1S/C14H14O/c1-11(10-15)9-13-7-4-6-12-5-2-3-8-14(12)13/h2-9,15H,10H2,1H3/b11-9+. The molecule has 0 aromatic heterocycles. The van der Waals surface area contributed by atoms with Crippen LogP contribution in [0.25, 0.3) is 16.8 Å². The second-order valence-electron chi connectivity index (χ2n) is 3.72. The molecule has 2 aromatic rings. The van der Waals surface area contributed by atoms with Gasteiger partial charge in [0, 0.05) is 0 Å². The summed E-state index contributed by atoms with van der Waals surface area (Å²) in [4.78, 5) is 0. The molecule has 0 aliphatic carbocycles. The Morgan fingerprint density at radius 3 is 2.67 bits per heavy atom. The van der Waals surface area contributed by atoms with Crippen LogP contribution in [0, 0.1) is 0 Å². The lowest BCUT2D eigenvalue weighted by atomic mass is 10.0. The number of fused-ring (bicyclic) bond motifs is 1. The van der Waals surface area contributed by atoms with E-state index < -0.39 is 0 Å². The van der Waals surface area contributed by atoms with Crippen molar-refractivity contribution in [1.29, 1.82) is 0 Å². The van der Waals surface area contributed by atoms with Gasteiger partial charge in [0.1, 0.15) is 0 Å². The van der Waals surface area contributed by atoms with E-state index in [4.69, 9.17) is 5.11 Å². The minimum Gasteiger partial charge on any atom is -0.392 e. The summed E-state index contributed by atoms with van der Waals surface area (Å²) in [5.74, 6) is 0. The minimum absolute atomic E-state index is 0.114. The van der Waals surface area contributed by atoms with Crippen molar-refractivity contribution in [2.45, 2.75) is 6.92 Å². The van der Waals surface area contributed by atoms with Gasteiger partial charge in [0.25, 0.3) is 0 Å². The van der Waals surface area contributed by atoms with E-state index in [2.05, 4.69) is 24.3 Å². The fraction of sp³-hybridized carbons (Fsp3) is 0.143. The minimum atomic E-state index is 0.114. The molecule has 0 saturated carbocycles. The van der Waals surface area contributed by atoms with Crippen molar-refractivity contribution in [2.24, 2.45) is 0 Å². The van der Waals surface area contributed by atoms with Crippen LogP contribution in [-0.2, 0) is 0 Å². The third-order valence-electron chi connectivity index (χ3n) is 2.47. The molecule has 2 rings (SSSR count). The Hall–Kier alpha value is -1.60. The second kappa shape index (κ2) is 4.28. The summed E-state index contributed by atoms with van der Waals surface area (Å²) in [7, 11) is 0. The Balaban J connectivity index is 2.61. The summed E-state index contributed by atoms with van der Waals surface area (Å²) in [5, 5.41) is 11.5. The van der Waals surface area contributed by atoms with Gasteiger partial charge in [-0.25, -0.2) is 0 Å². The van der Waals surface area contributed by atoms with Crippen molar-refractivity contribution in [3.63, 3.8) is 0 Å². The Labute approximate surface area is 89.7 Å². The molecule has 0 bridgehead atoms. The van der Waals surface area contributed by atoms with Gasteiger partial charge in [-0.05, 0) is 28.8 Å². The number of hydrogen-bond acceptors (Lipinski definition) is 1. The van der Waals surface area contributed by atoms with E-state index >= 15 is 0 Å². The Kier molecular flexibility index (Phi) is 2.84. The van der Waals surface area contributed by atoms with Crippen LogP contribution in [0.5, 0.6) is 0 Å². The molecular weight excluding hydrogens is 184 g/mol. The van der Waals surface area contributed by atoms with E-state index in [0.717, 1.165) is 5.57 Å². The molecule has 0 aliphatic rings. The first-order valence-corrected chi connectivity index (χ1v) is 5.07. The van der Waals surface area contributed by atoms with Gasteiger partial charge >= 0.3 is 0 Å². The summed E-state index contributed by atoms with van der Waals surface area (Å²) >= 11 is 0. The quantitative estimate of drug-likeness (QED) is 0.785. The first-order valence-electron chi connectivity index (χ1n) is 5.07. The number of benzene rings is 2. The van der Waals surface area contributed by atoms with Gasteiger partial charge in [0.05, 0.1) is 6.61 Å². The van der Waals surface area contributed by atoms with Gasteiger partial charge in [0.2, 0.25) is 0 Å². The molecule has 0 atom stereocenters. The Bertz CT molecular complexity index is 492. The molecule has 0 spiro atoms. The van der Waals surface area contributed by atoms with Gasteiger partial charge in [-0.3, -0.25) is 0 Å².